The molecule has 1 aromatic carbocycles. The molecule has 2 amide bonds. The largest absolute Gasteiger partial charge is 0.425 e. The highest BCUT2D eigenvalue weighted by molar-refractivity contribution is 5.95. The molecule has 1 aliphatic heterocycles. The minimum Gasteiger partial charge on any atom is -0.425 e. The third-order valence-electron chi connectivity index (χ3n) is 4.71. The molecule has 1 aliphatic rings. The normalized spacial score (nSPS) is 15.8. The smallest absolute Gasteiger partial charge is 0.248 e. The number of nitrogens with zero attached hydrogens (tertiary/aromatic N) is 3. The lowest BCUT2D eigenvalue weighted by molar-refractivity contribution is -0.117. The second kappa shape index (κ2) is 8.30. The van der Waals surface area contributed by atoms with Gasteiger partial charge in [-0.1, -0.05) is 13.8 Å². The fourth-order valence-corrected chi connectivity index (χ4v) is 3.10. The molecule has 0 aliphatic carbocycles. The number of likely N-dealkylation sites (tertiary alicyclic amines) is 1. The number of piperidine rings is 1. The summed E-state index contributed by atoms with van der Waals surface area (Å²) < 4.78 is 5.75. The van der Waals surface area contributed by atoms with Crippen molar-refractivity contribution in [1.82, 2.24) is 15.1 Å². The van der Waals surface area contributed by atoms with Crippen LogP contribution in [0.3, 0.4) is 0 Å². The van der Waals surface area contributed by atoms with Crippen LogP contribution in [0.2, 0.25) is 0 Å². The summed E-state index contributed by atoms with van der Waals surface area (Å²) in [6.45, 7) is 5.99. The molecule has 0 unspecified atom stereocenters. The van der Waals surface area contributed by atoms with E-state index in [2.05, 4.69) is 20.4 Å². The van der Waals surface area contributed by atoms with Gasteiger partial charge in [0.2, 0.25) is 23.6 Å². The van der Waals surface area contributed by atoms with Gasteiger partial charge < -0.3 is 15.5 Å². The van der Waals surface area contributed by atoms with E-state index in [-0.39, 0.29) is 17.7 Å². The van der Waals surface area contributed by atoms with Gasteiger partial charge in [-0.15, -0.1) is 10.2 Å². The van der Waals surface area contributed by atoms with E-state index in [0.717, 1.165) is 25.9 Å². The van der Waals surface area contributed by atoms with E-state index in [1.165, 1.54) is 0 Å². The molecule has 1 aromatic heterocycles. The number of carbonyl (C=O) groups excluding carboxylic acids is 2. The molecule has 1 saturated heterocycles. The van der Waals surface area contributed by atoms with Gasteiger partial charge in [-0.3, -0.25) is 14.5 Å². The molecular formula is C19H25N5O3. The van der Waals surface area contributed by atoms with E-state index in [1.807, 2.05) is 13.8 Å². The first-order valence-electron chi connectivity index (χ1n) is 9.17. The minimum atomic E-state index is -0.488. The molecule has 2 heterocycles. The Morgan fingerprint density at radius 3 is 2.44 bits per heavy atom. The first-order chi connectivity index (χ1) is 12.9. The maximum Gasteiger partial charge on any atom is 0.248 e. The van der Waals surface area contributed by atoms with E-state index < -0.39 is 5.91 Å². The quantitative estimate of drug-likeness (QED) is 0.804. The summed E-state index contributed by atoms with van der Waals surface area (Å²) in [7, 11) is 0. The number of nitrogens with one attached hydrogen (secondary N) is 1. The molecule has 3 rings (SSSR count). The van der Waals surface area contributed by atoms with Gasteiger partial charge in [0.25, 0.3) is 0 Å². The highest BCUT2D eigenvalue weighted by Gasteiger charge is 2.26. The minimum absolute atomic E-state index is 0.0832. The van der Waals surface area contributed by atoms with Gasteiger partial charge in [0, 0.05) is 23.1 Å². The Morgan fingerprint density at radius 1 is 1.22 bits per heavy atom. The number of aromatic nitrogens is 2. The Bertz CT molecular complexity index is 792. The number of amides is 2. The third kappa shape index (κ3) is 4.91. The van der Waals surface area contributed by atoms with Crippen molar-refractivity contribution >= 4 is 17.5 Å². The van der Waals surface area contributed by atoms with Crippen LogP contribution in [0.1, 0.15) is 60.7 Å². The van der Waals surface area contributed by atoms with Crippen LogP contribution in [-0.2, 0) is 4.79 Å². The molecule has 0 radical (unpaired) electrons. The van der Waals surface area contributed by atoms with E-state index in [1.54, 1.807) is 24.3 Å². The summed E-state index contributed by atoms with van der Waals surface area (Å²) in [5.41, 5.74) is 6.27. The summed E-state index contributed by atoms with van der Waals surface area (Å²) in [5.74, 6) is 1.29. The van der Waals surface area contributed by atoms with Crippen LogP contribution in [0.4, 0.5) is 5.69 Å². The lowest BCUT2D eigenvalue weighted by atomic mass is 9.97. The zero-order valence-electron chi connectivity index (χ0n) is 15.6. The zero-order chi connectivity index (χ0) is 19.4. The van der Waals surface area contributed by atoms with Crippen LogP contribution < -0.4 is 11.1 Å². The fraction of sp³-hybridized carbons (Fsp3) is 0.474. The zero-order valence-corrected chi connectivity index (χ0v) is 15.6. The van der Waals surface area contributed by atoms with Gasteiger partial charge in [0.15, 0.2) is 0 Å². The van der Waals surface area contributed by atoms with Crippen LogP contribution in [0, 0.1) is 0 Å². The van der Waals surface area contributed by atoms with E-state index in [9.17, 15) is 9.59 Å². The van der Waals surface area contributed by atoms with Gasteiger partial charge in [0.05, 0.1) is 6.54 Å². The Labute approximate surface area is 158 Å². The summed E-state index contributed by atoms with van der Waals surface area (Å²) in [6, 6.07) is 6.54. The number of hydrogen-bond acceptors (Lipinski definition) is 6. The van der Waals surface area contributed by atoms with Crippen LogP contribution in [0.25, 0.3) is 0 Å². The van der Waals surface area contributed by atoms with Gasteiger partial charge in [-0.2, -0.15) is 0 Å². The summed E-state index contributed by atoms with van der Waals surface area (Å²) >= 11 is 0. The number of primary amides is 1. The SMILES string of the molecule is CC(C)c1nnc(C2CCN(CC(=O)Nc3ccc(C(N)=O)cc3)CC2)o1. The van der Waals surface area contributed by atoms with Crippen molar-refractivity contribution in [1.29, 1.82) is 0 Å². The molecule has 2 aromatic rings. The van der Waals surface area contributed by atoms with Gasteiger partial charge >= 0.3 is 0 Å². The van der Waals surface area contributed by atoms with Crippen LogP contribution >= 0.6 is 0 Å². The van der Waals surface area contributed by atoms with Crippen molar-refractivity contribution in [3.63, 3.8) is 0 Å². The highest BCUT2D eigenvalue weighted by atomic mass is 16.4. The lowest BCUT2D eigenvalue weighted by Crippen LogP contribution is -2.38. The Balaban J connectivity index is 1.46. The summed E-state index contributed by atoms with van der Waals surface area (Å²) in [6.07, 6.45) is 1.78. The Morgan fingerprint density at radius 2 is 1.89 bits per heavy atom. The molecule has 3 N–H and O–H groups in total. The average molecular weight is 371 g/mol. The van der Waals surface area contributed by atoms with Gasteiger partial charge in [-0.05, 0) is 50.2 Å². The molecule has 8 heteroatoms. The second-order valence-electron chi connectivity index (χ2n) is 7.17. The first kappa shape index (κ1) is 19.0. The Kier molecular flexibility index (Phi) is 5.85. The molecule has 144 valence electrons. The lowest BCUT2D eigenvalue weighted by Gasteiger charge is -2.29. The van der Waals surface area contributed by atoms with E-state index in [0.29, 0.717) is 29.6 Å². The van der Waals surface area contributed by atoms with Crippen molar-refractivity contribution in [3.8, 4) is 0 Å². The van der Waals surface area contributed by atoms with Gasteiger partial charge in [0.1, 0.15) is 0 Å². The maximum atomic E-state index is 12.2. The Hall–Kier alpha value is -2.74. The van der Waals surface area contributed by atoms with Crippen molar-refractivity contribution in [3.05, 3.63) is 41.6 Å². The number of benzene rings is 1. The molecule has 0 saturated carbocycles. The fourth-order valence-electron chi connectivity index (χ4n) is 3.10. The molecular weight excluding hydrogens is 346 g/mol. The molecule has 0 bridgehead atoms. The molecule has 8 nitrogen and oxygen atoms in total. The van der Waals surface area contributed by atoms with Crippen molar-refractivity contribution in [2.45, 2.75) is 38.5 Å². The monoisotopic (exact) mass is 371 g/mol. The van der Waals surface area contributed by atoms with Crippen LogP contribution in [0.15, 0.2) is 28.7 Å². The number of nitrogens with two attached hydrogens (primary N) is 1. The maximum absolute atomic E-state index is 12.2. The molecule has 1 fully saturated rings. The predicted molar refractivity (Wildman–Crippen MR) is 100 cm³/mol. The van der Waals surface area contributed by atoms with Crippen LogP contribution in [-0.4, -0.2) is 46.5 Å². The number of anilines is 1. The number of carbonyl (C=O) groups is 2. The van der Waals surface area contributed by atoms with Crippen molar-refractivity contribution in [2.75, 3.05) is 25.0 Å². The van der Waals surface area contributed by atoms with E-state index in [4.69, 9.17) is 10.2 Å². The first-order valence-corrected chi connectivity index (χ1v) is 9.17. The summed E-state index contributed by atoms with van der Waals surface area (Å²) in [5, 5.41) is 11.1. The van der Waals surface area contributed by atoms with E-state index >= 15 is 0 Å². The average Bonchev–Trinajstić information content (AvgIpc) is 3.13. The molecule has 27 heavy (non-hydrogen) atoms. The van der Waals surface area contributed by atoms with Gasteiger partial charge in [-0.25, -0.2) is 0 Å². The van der Waals surface area contributed by atoms with Crippen LogP contribution in [0.5, 0.6) is 0 Å². The number of hydrogen-bond donors (Lipinski definition) is 2. The number of rotatable bonds is 6. The van der Waals surface area contributed by atoms with Crippen molar-refractivity contribution < 1.29 is 14.0 Å². The third-order valence-corrected chi connectivity index (χ3v) is 4.71. The standard InChI is InChI=1S/C19H25N5O3/c1-12(2)18-22-23-19(27-18)14-7-9-24(10-8-14)11-16(25)21-15-5-3-13(4-6-15)17(20)26/h3-6,12,14H,7-11H2,1-2H3,(H2,20,26)(H,21,25). The molecule has 0 atom stereocenters. The van der Waals surface area contributed by atoms with Crippen molar-refractivity contribution in [2.24, 2.45) is 5.73 Å². The second-order valence-corrected chi connectivity index (χ2v) is 7.17. The summed E-state index contributed by atoms with van der Waals surface area (Å²) in [4.78, 5) is 25.4. The topological polar surface area (TPSA) is 114 Å². The predicted octanol–water partition coefficient (Wildman–Crippen LogP) is 2.11. The highest BCUT2D eigenvalue weighted by Crippen LogP contribution is 2.28. The molecule has 0 spiro atoms.